The summed E-state index contributed by atoms with van der Waals surface area (Å²) in [5, 5.41) is 9.60. The predicted molar refractivity (Wildman–Crippen MR) is 119 cm³/mol. The minimum Gasteiger partial charge on any atom is -0.481 e. The predicted octanol–water partition coefficient (Wildman–Crippen LogP) is 3.86. The van der Waals surface area contributed by atoms with E-state index in [-0.39, 0.29) is 29.5 Å². The second-order valence-electron chi connectivity index (χ2n) is 8.01. The maximum absolute atomic E-state index is 13.5. The molecule has 2 atom stereocenters. The fourth-order valence-electron chi connectivity index (χ4n) is 4.23. The number of amides is 1. The van der Waals surface area contributed by atoms with Gasteiger partial charge in [0.1, 0.15) is 23.6 Å². The molecule has 7 nitrogen and oxygen atoms in total. The monoisotopic (exact) mass is 471 g/mol. The Bertz CT molecular complexity index is 1320. The molecule has 4 rings (SSSR count). The SMILES string of the molecule is O=CC(C(=O)N1CC[C@H](CC(=O)O)C1)c1ccc2c(-c3ccc(F)cc3Cl)cc(=O)oc2c1. The van der Waals surface area contributed by atoms with E-state index >= 15 is 0 Å². The first-order valence-electron chi connectivity index (χ1n) is 10.3. The fraction of sp³-hybridized carbons (Fsp3) is 0.250. The van der Waals surface area contributed by atoms with Gasteiger partial charge in [-0.1, -0.05) is 23.7 Å². The average molecular weight is 472 g/mol. The molecule has 1 saturated heterocycles. The lowest BCUT2D eigenvalue weighted by molar-refractivity contribution is -0.139. The molecular weight excluding hydrogens is 453 g/mol. The van der Waals surface area contributed by atoms with E-state index in [4.69, 9.17) is 21.1 Å². The highest BCUT2D eigenvalue weighted by molar-refractivity contribution is 6.33. The zero-order valence-corrected chi connectivity index (χ0v) is 18.0. The highest BCUT2D eigenvalue weighted by atomic mass is 35.5. The number of hydrogen-bond donors (Lipinski definition) is 1. The topological polar surface area (TPSA) is 105 Å². The molecule has 0 saturated carbocycles. The lowest BCUT2D eigenvalue weighted by Gasteiger charge is -2.20. The summed E-state index contributed by atoms with van der Waals surface area (Å²) in [4.78, 5) is 49.4. The first-order valence-corrected chi connectivity index (χ1v) is 10.6. The van der Waals surface area contributed by atoms with Gasteiger partial charge in [0.15, 0.2) is 0 Å². The minimum absolute atomic E-state index is 0.0363. The number of halogens is 2. The fourth-order valence-corrected chi connectivity index (χ4v) is 4.49. The van der Waals surface area contributed by atoms with Crippen molar-refractivity contribution in [2.75, 3.05) is 13.1 Å². The number of likely N-dealkylation sites (tertiary alicyclic amines) is 1. The third kappa shape index (κ3) is 4.66. The Balaban J connectivity index is 1.69. The summed E-state index contributed by atoms with van der Waals surface area (Å²) in [5.41, 5.74) is 0.700. The largest absolute Gasteiger partial charge is 0.481 e. The summed E-state index contributed by atoms with van der Waals surface area (Å²) >= 11 is 6.17. The van der Waals surface area contributed by atoms with E-state index in [0.29, 0.717) is 41.3 Å². The Kier molecular flexibility index (Phi) is 6.29. The van der Waals surface area contributed by atoms with E-state index in [9.17, 15) is 23.6 Å². The van der Waals surface area contributed by atoms with E-state index in [1.807, 2.05) is 0 Å². The van der Waals surface area contributed by atoms with Crippen LogP contribution in [0.2, 0.25) is 5.02 Å². The highest BCUT2D eigenvalue weighted by Gasteiger charge is 2.32. The summed E-state index contributed by atoms with van der Waals surface area (Å²) in [5.74, 6) is -3.16. The Morgan fingerprint density at radius 1 is 1.21 bits per heavy atom. The molecule has 0 aliphatic carbocycles. The number of aliphatic carboxylic acids is 1. The van der Waals surface area contributed by atoms with Crippen LogP contribution in [0.15, 0.2) is 51.7 Å². The molecule has 0 radical (unpaired) electrons. The molecule has 170 valence electrons. The summed E-state index contributed by atoms with van der Waals surface area (Å²) in [7, 11) is 0. The molecule has 3 aromatic rings. The van der Waals surface area contributed by atoms with E-state index in [0.717, 1.165) is 6.07 Å². The standard InChI is InChI=1S/C24H19ClFNO6/c25-20-9-15(26)2-4-16(20)18-10-23(31)33-21-8-14(1-3-17(18)21)19(12-28)24(32)27-6-5-13(11-27)7-22(29)30/h1-4,8-10,12-13,19H,5-7,11H2,(H,29,30)/t13-,19?/m1/s1. The van der Waals surface area contributed by atoms with Gasteiger partial charge in [0.25, 0.3) is 0 Å². The van der Waals surface area contributed by atoms with Crippen LogP contribution in [0.25, 0.3) is 22.1 Å². The third-order valence-corrected chi connectivity index (χ3v) is 6.12. The van der Waals surface area contributed by atoms with Crippen molar-refractivity contribution in [3.8, 4) is 11.1 Å². The quantitative estimate of drug-likeness (QED) is 0.332. The van der Waals surface area contributed by atoms with Crippen molar-refractivity contribution in [1.82, 2.24) is 4.90 Å². The molecule has 2 heterocycles. The van der Waals surface area contributed by atoms with Crippen molar-refractivity contribution in [1.29, 1.82) is 0 Å². The van der Waals surface area contributed by atoms with Gasteiger partial charge in [-0.05, 0) is 42.2 Å². The maximum Gasteiger partial charge on any atom is 0.336 e. The zero-order valence-electron chi connectivity index (χ0n) is 17.3. The number of aldehydes is 1. The Hall–Kier alpha value is -3.52. The molecule has 1 amide bonds. The first-order chi connectivity index (χ1) is 15.8. The number of nitrogens with zero attached hydrogens (tertiary/aromatic N) is 1. The number of carbonyl (C=O) groups excluding carboxylic acids is 2. The number of carboxylic acid groups (broad SMARTS) is 1. The van der Waals surface area contributed by atoms with Crippen molar-refractivity contribution < 1.29 is 28.3 Å². The van der Waals surface area contributed by atoms with Crippen molar-refractivity contribution in [3.63, 3.8) is 0 Å². The Morgan fingerprint density at radius 3 is 2.70 bits per heavy atom. The lowest BCUT2D eigenvalue weighted by atomic mass is 9.95. The molecule has 9 heteroatoms. The van der Waals surface area contributed by atoms with Gasteiger partial charge in [0.05, 0.1) is 5.02 Å². The van der Waals surface area contributed by atoms with Gasteiger partial charge in [-0.25, -0.2) is 9.18 Å². The van der Waals surface area contributed by atoms with Crippen LogP contribution in [0.3, 0.4) is 0 Å². The van der Waals surface area contributed by atoms with Gasteiger partial charge in [-0.3, -0.25) is 9.59 Å². The summed E-state index contributed by atoms with van der Waals surface area (Å²) in [6.07, 6.45) is 1.04. The number of hydrogen-bond acceptors (Lipinski definition) is 5. The number of carbonyl (C=O) groups is 3. The van der Waals surface area contributed by atoms with Crippen LogP contribution in [0, 0.1) is 11.7 Å². The molecule has 0 bridgehead atoms. The maximum atomic E-state index is 13.5. The van der Waals surface area contributed by atoms with E-state index in [1.165, 1.54) is 29.2 Å². The Labute approximate surface area is 192 Å². The van der Waals surface area contributed by atoms with Crippen LogP contribution in [0.4, 0.5) is 4.39 Å². The molecular formula is C24H19ClFNO6. The van der Waals surface area contributed by atoms with Crippen LogP contribution in [-0.4, -0.2) is 41.3 Å². The molecule has 1 fully saturated rings. The number of carboxylic acids is 1. The molecule has 1 aliphatic rings. The number of fused-ring (bicyclic) bond motifs is 1. The Morgan fingerprint density at radius 2 is 2.00 bits per heavy atom. The molecule has 1 unspecified atom stereocenters. The summed E-state index contributed by atoms with van der Waals surface area (Å²) < 4.78 is 18.8. The molecule has 33 heavy (non-hydrogen) atoms. The summed E-state index contributed by atoms with van der Waals surface area (Å²) in [6.45, 7) is 0.641. The van der Waals surface area contributed by atoms with Gasteiger partial charge >= 0.3 is 11.6 Å². The van der Waals surface area contributed by atoms with Crippen molar-refractivity contribution in [3.05, 3.63) is 69.3 Å². The lowest BCUT2D eigenvalue weighted by Crippen LogP contribution is -2.34. The molecule has 0 spiro atoms. The smallest absolute Gasteiger partial charge is 0.336 e. The van der Waals surface area contributed by atoms with E-state index in [2.05, 4.69) is 0 Å². The van der Waals surface area contributed by atoms with E-state index in [1.54, 1.807) is 12.1 Å². The molecule has 1 aliphatic heterocycles. The van der Waals surface area contributed by atoms with Crippen LogP contribution >= 0.6 is 11.6 Å². The second-order valence-corrected chi connectivity index (χ2v) is 8.42. The summed E-state index contributed by atoms with van der Waals surface area (Å²) in [6, 6.07) is 9.73. The molecule has 1 N–H and O–H groups in total. The van der Waals surface area contributed by atoms with Crippen LogP contribution in [-0.2, 0) is 14.4 Å². The highest BCUT2D eigenvalue weighted by Crippen LogP contribution is 2.34. The normalized spacial score (nSPS) is 16.7. The van der Waals surface area contributed by atoms with Crippen LogP contribution < -0.4 is 5.63 Å². The minimum atomic E-state index is -1.12. The van der Waals surface area contributed by atoms with Gasteiger partial charge in [-0.2, -0.15) is 0 Å². The molecule has 2 aromatic carbocycles. The van der Waals surface area contributed by atoms with Crippen LogP contribution in [0.5, 0.6) is 0 Å². The average Bonchev–Trinajstić information content (AvgIpc) is 3.21. The van der Waals surface area contributed by atoms with Gasteiger partial charge in [0, 0.05) is 42.1 Å². The van der Waals surface area contributed by atoms with Gasteiger partial charge in [0.2, 0.25) is 5.91 Å². The van der Waals surface area contributed by atoms with Gasteiger partial charge < -0.3 is 19.2 Å². The number of benzene rings is 2. The van der Waals surface area contributed by atoms with Gasteiger partial charge in [-0.15, -0.1) is 0 Å². The van der Waals surface area contributed by atoms with Crippen molar-refractivity contribution >= 4 is 40.7 Å². The number of rotatable bonds is 6. The van der Waals surface area contributed by atoms with Crippen molar-refractivity contribution in [2.45, 2.75) is 18.8 Å². The van der Waals surface area contributed by atoms with Crippen molar-refractivity contribution in [2.24, 2.45) is 5.92 Å². The third-order valence-electron chi connectivity index (χ3n) is 5.81. The first kappa shape index (κ1) is 22.7. The van der Waals surface area contributed by atoms with Crippen LogP contribution in [0.1, 0.15) is 24.3 Å². The zero-order chi connectivity index (χ0) is 23.7. The second kappa shape index (κ2) is 9.15. The van der Waals surface area contributed by atoms with E-state index < -0.39 is 29.2 Å². The molecule has 1 aromatic heterocycles.